The molecular formula is C13H16N4O2. The minimum atomic E-state index is -0.00587. The first kappa shape index (κ1) is 11.8. The van der Waals surface area contributed by atoms with Gasteiger partial charge in [0.15, 0.2) is 5.58 Å². The van der Waals surface area contributed by atoms with Crippen molar-refractivity contribution in [2.45, 2.75) is 19.4 Å². The first-order valence-electron chi connectivity index (χ1n) is 6.30. The molecule has 1 aliphatic heterocycles. The number of nitrogen functional groups attached to an aromatic ring is 1. The maximum atomic E-state index is 11.0. The summed E-state index contributed by atoms with van der Waals surface area (Å²) >= 11 is 0. The third kappa shape index (κ3) is 2.21. The van der Waals surface area contributed by atoms with Crippen LogP contribution in [0, 0.1) is 0 Å². The Morgan fingerprint density at radius 3 is 3.16 bits per heavy atom. The molecule has 1 aromatic carbocycles. The molecule has 1 unspecified atom stereocenters. The van der Waals surface area contributed by atoms with E-state index in [1.54, 1.807) is 6.07 Å². The van der Waals surface area contributed by atoms with Crippen LogP contribution in [0.2, 0.25) is 0 Å². The number of nitrogens with one attached hydrogen (secondary N) is 1. The van der Waals surface area contributed by atoms with Gasteiger partial charge in [0.1, 0.15) is 5.52 Å². The Morgan fingerprint density at radius 1 is 1.58 bits per heavy atom. The molecule has 1 fully saturated rings. The van der Waals surface area contributed by atoms with E-state index in [4.69, 9.17) is 10.2 Å². The summed E-state index contributed by atoms with van der Waals surface area (Å²) in [6.45, 7) is 3.06. The predicted molar refractivity (Wildman–Crippen MR) is 72.9 cm³/mol. The maximum Gasteiger partial charge on any atom is 0.298 e. The molecular weight excluding hydrogens is 244 g/mol. The Hall–Kier alpha value is -2.24. The second-order valence-corrected chi connectivity index (χ2v) is 4.82. The smallest absolute Gasteiger partial charge is 0.298 e. The summed E-state index contributed by atoms with van der Waals surface area (Å²) in [7, 11) is 0. The minimum Gasteiger partial charge on any atom is -0.423 e. The Bertz CT molecular complexity index is 622. The summed E-state index contributed by atoms with van der Waals surface area (Å²) in [4.78, 5) is 17.5. The van der Waals surface area contributed by atoms with Crippen LogP contribution in [-0.2, 0) is 4.79 Å². The van der Waals surface area contributed by atoms with Crippen LogP contribution in [0.4, 0.5) is 11.7 Å². The van der Waals surface area contributed by atoms with Gasteiger partial charge in [-0.2, -0.15) is 4.98 Å². The molecule has 0 saturated carbocycles. The van der Waals surface area contributed by atoms with Crippen LogP contribution >= 0.6 is 0 Å². The van der Waals surface area contributed by atoms with Gasteiger partial charge in [-0.3, -0.25) is 4.79 Å². The number of hydrogen-bond donors (Lipinski definition) is 2. The van der Waals surface area contributed by atoms with E-state index in [1.807, 2.05) is 17.0 Å². The number of hydrogen-bond acceptors (Lipinski definition) is 5. The maximum absolute atomic E-state index is 11.0. The van der Waals surface area contributed by atoms with Crippen molar-refractivity contribution in [2.24, 2.45) is 0 Å². The molecule has 1 aliphatic rings. The standard InChI is InChI=1S/C13H16N4O2/c1-8(18)15-9-5-6-17(7-9)13-16-12-10(14)3-2-4-11(12)19-13/h2-4,9H,5-7,14H2,1H3,(H,15,18). The summed E-state index contributed by atoms with van der Waals surface area (Å²) in [5, 5.41) is 2.91. The van der Waals surface area contributed by atoms with Crippen molar-refractivity contribution in [3.63, 3.8) is 0 Å². The van der Waals surface area contributed by atoms with Crippen LogP contribution in [0.15, 0.2) is 22.6 Å². The molecule has 2 aromatic rings. The quantitative estimate of drug-likeness (QED) is 0.791. The summed E-state index contributed by atoms with van der Waals surface area (Å²) in [5.74, 6) is -0.00587. The predicted octanol–water partition coefficient (Wildman–Crippen LogP) is 1.12. The summed E-state index contributed by atoms with van der Waals surface area (Å²) in [6, 6.07) is 6.23. The van der Waals surface area contributed by atoms with E-state index < -0.39 is 0 Å². The highest BCUT2D eigenvalue weighted by Crippen LogP contribution is 2.27. The molecule has 3 rings (SSSR count). The lowest BCUT2D eigenvalue weighted by Crippen LogP contribution is -2.35. The number of carbonyl (C=O) groups excluding carboxylic acids is 1. The van der Waals surface area contributed by atoms with Crippen molar-refractivity contribution < 1.29 is 9.21 Å². The minimum absolute atomic E-state index is 0.00587. The molecule has 0 radical (unpaired) electrons. The van der Waals surface area contributed by atoms with E-state index in [0.717, 1.165) is 13.0 Å². The van der Waals surface area contributed by atoms with E-state index >= 15 is 0 Å². The van der Waals surface area contributed by atoms with Crippen molar-refractivity contribution in [1.82, 2.24) is 10.3 Å². The monoisotopic (exact) mass is 260 g/mol. The van der Waals surface area contributed by atoms with Crippen molar-refractivity contribution in [1.29, 1.82) is 0 Å². The highest BCUT2D eigenvalue weighted by molar-refractivity contribution is 5.86. The molecule has 1 saturated heterocycles. The molecule has 2 heterocycles. The molecule has 1 aromatic heterocycles. The first-order valence-corrected chi connectivity index (χ1v) is 6.30. The number of aromatic nitrogens is 1. The lowest BCUT2D eigenvalue weighted by Gasteiger charge is -2.13. The number of nitrogens with zero attached hydrogens (tertiary/aromatic N) is 2. The van der Waals surface area contributed by atoms with E-state index in [-0.39, 0.29) is 11.9 Å². The Kier molecular flexibility index (Phi) is 2.77. The summed E-state index contributed by atoms with van der Waals surface area (Å²) in [5.41, 5.74) is 7.87. The zero-order chi connectivity index (χ0) is 13.4. The molecule has 3 N–H and O–H groups in total. The second kappa shape index (κ2) is 4.46. The second-order valence-electron chi connectivity index (χ2n) is 4.82. The van der Waals surface area contributed by atoms with E-state index in [9.17, 15) is 4.79 Å². The van der Waals surface area contributed by atoms with Crippen LogP contribution in [0.25, 0.3) is 11.1 Å². The SMILES string of the molecule is CC(=O)NC1CCN(c2nc3c(N)cccc3o2)C1. The molecule has 6 heteroatoms. The van der Waals surface area contributed by atoms with Crippen molar-refractivity contribution >= 4 is 28.7 Å². The average Bonchev–Trinajstić information content (AvgIpc) is 2.94. The zero-order valence-corrected chi connectivity index (χ0v) is 10.7. The molecule has 0 spiro atoms. The average molecular weight is 260 g/mol. The van der Waals surface area contributed by atoms with E-state index in [0.29, 0.717) is 29.3 Å². The largest absolute Gasteiger partial charge is 0.423 e. The fraction of sp³-hybridized carbons (Fsp3) is 0.385. The Balaban J connectivity index is 1.82. The lowest BCUT2D eigenvalue weighted by atomic mass is 10.3. The lowest BCUT2D eigenvalue weighted by molar-refractivity contribution is -0.119. The van der Waals surface area contributed by atoms with Gasteiger partial charge in [-0.15, -0.1) is 0 Å². The number of benzene rings is 1. The number of fused-ring (bicyclic) bond motifs is 1. The summed E-state index contributed by atoms with van der Waals surface area (Å²) < 4.78 is 5.71. The van der Waals surface area contributed by atoms with Crippen molar-refractivity contribution in [3.05, 3.63) is 18.2 Å². The number of amides is 1. The van der Waals surface area contributed by atoms with Crippen molar-refractivity contribution in [2.75, 3.05) is 23.7 Å². The van der Waals surface area contributed by atoms with Gasteiger partial charge in [0, 0.05) is 26.1 Å². The highest BCUT2D eigenvalue weighted by Gasteiger charge is 2.26. The molecule has 0 bridgehead atoms. The van der Waals surface area contributed by atoms with Gasteiger partial charge in [-0.1, -0.05) is 6.07 Å². The molecule has 1 atom stereocenters. The van der Waals surface area contributed by atoms with Gasteiger partial charge in [-0.05, 0) is 18.6 Å². The molecule has 0 aliphatic carbocycles. The molecule has 19 heavy (non-hydrogen) atoms. The van der Waals surface area contributed by atoms with E-state index in [1.165, 1.54) is 6.92 Å². The van der Waals surface area contributed by atoms with Gasteiger partial charge >= 0.3 is 0 Å². The number of para-hydroxylation sites is 1. The van der Waals surface area contributed by atoms with Gasteiger partial charge < -0.3 is 20.4 Å². The topological polar surface area (TPSA) is 84.4 Å². The van der Waals surface area contributed by atoms with Crippen LogP contribution in [0.1, 0.15) is 13.3 Å². The zero-order valence-electron chi connectivity index (χ0n) is 10.7. The highest BCUT2D eigenvalue weighted by atomic mass is 16.4. The number of anilines is 2. The fourth-order valence-electron chi connectivity index (χ4n) is 2.43. The van der Waals surface area contributed by atoms with Gasteiger partial charge in [-0.25, -0.2) is 0 Å². The number of nitrogens with two attached hydrogens (primary N) is 1. The summed E-state index contributed by atoms with van der Waals surface area (Å²) in [6.07, 6.45) is 0.897. The van der Waals surface area contributed by atoms with Crippen LogP contribution < -0.4 is 16.0 Å². The normalized spacial score (nSPS) is 19.0. The third-order valence-corrected chi connectivity index (χ3v) is 3.31. The fourth-order valence-corrected chi connectivity index (χ4v) is 2.43. The Morgan fingerprint density at radius 2 is 2.42 bits per heavy atom. The van der Waals surface area contributed by atoms with Gasteiger partial charge in [0.2, 0.25) is 5.91 Å². The molecule has 100 valence electrons. The van der Waals surface area contributed by atoms with E-state index in [2.05, 4.69) is 10.3 Å². The molecule has 1 amide bonds. The van der Waals surface area contributed by atoms with Crippen LogP contribution in [-0.4, -0.2) is 30.0 Å². The van der Waals surface area contributed by atoms with Gasteiger partial charge in [0.25, 0.3) is 6.01 Å². The first-order chi connectivity index (χ1) is 9.13. The van der Waals surface area contributed by atoms with Crippen molar-refractivity contribution in [3.8, 4) is 0 Å². The number of oxazole rings is 1. The number of rotatable bonds is 2. The third-order valence-electron chi connectivity index (χ3n) is 3.31. The number of carbonyl (C=O) groups is 1. The van der Waals surface area contributed by atoms with Crippen LogP contribution in [0.5, 0.6) is 0 Å². The van der Waals surface area contributed by atoms with Gasteiger partial charge in [0.05, 0.1) is 5.69 Å². The molecule has 6 nitrogen and oxygen atoms in total. The Labute approximate surface area is 110 Å². The van der Waals surface area contributed by atoms with Crippen LogP contribution in [0.3, 0.4) is 0 Å².